The van der Waals surface area contributed by atoms with Crippen molar-refractivity contribution in [1.29, 1.82) is 0 Å². The molecule has 9 heteroatoms. The van der Waals surface area contributed by atoms with Gasteiger partial charge in [-0.2, -0.15) is 0 Å². The zero-order chi connectivity index (χ0) is 43.6. The van der Waals surface area contributed by atoms with Gasteiger partial charge in [-0.25, -0.2) is 0 Å². The largest absolute Gasteiger partial charge is 0.457 e. The summed E-state index contributed by atoms with van der Waals surface area (Å²) in [6.45, 7) is 4.48. The number of rotatable bonds is 41. The molecule has 6 unspecified atom stereocenters. The Morgan fingerprint density at radius 2 is 0.967 bits per heavy atom. The predicted molar refractivity (Wildman–Crippen MR) is 247 cm³/mol. The van der Waals surface area contributed by atoms with Gasteiger partial charge in [0, 0.05) is 13.0 Å². The zero-order valence-electron chi connectivity index (χ0n) is 38.2. The zero-order valence-corrected chi connectivity index (χ0v) is 38.2. The molecule has 1 heterocycles. The van der Waals surface area contributed by atoms with E-state index in [4.69, 9.17) is 18.9 Å². The second kappa shape index (κ2) is 42.2. The molecule has 6 atom stereocenters. The molecule has 0 aliphatic carbocycles. The number of carbonyl (C=O) groups excluding carboxylic acids is 1. The van der Waals surface area contributed by atoms with Crippen LogP contribution < -0.4 is 0 Å². The van der Waals surface area contributed by atoms with Gasteiger partial charge in [-0.15, -0.1) is 0 Å². The first-order valence-electron chi connectivity index (χ1n) is 24.4. The smallest absolute Gasteiger partial charge is 0.306 e. The van der Waals surface area contributed by atoms with Gasteiger partial charge in [0.05, 0.1) is 19.8 Å². The summed E-state index contributed by atoms with van der Waals surface area (Å²) in [7, 11) is 0. The molecule has 9 nitrogen and oxygen atoms in total. The number of aliphatic hydroxyl groups is 4. The Bertz CT molecular complexity index is 1100. The topological polar surface area (TPSA) is 135 Å². The Balaban J connectivity index is 2.26. The SMILES string of the molecule is CCCCC/C=C\C/C=C\C/C=C\CCCCCCCCC(=O)OC(COCCCCCCCCCC/C=C\C/C=C\CCCCC)COC1OC(CO)C(O)C(O)C1O. The molecule has 4 N–H and O–H groups in total. The second-order valence-electron chi connectivity index (χ2n) is 16.6. The van der Waals surface area contributed by atoms with Crippen LogP contribution in [0.4, 0.5) is 0 Å². The molecule has 0 bridgehead atoms. The van der Waals surface area contributed by atoms with Crippen molar-refractivity contribution in [3.8, 4) is 0 Å². The Hall–Kier alpha value is -2.11. The van der Waals surface area contributed by atoms with Crippen LogP contribution in [-0.2, 0) is 23.7 Å². The molecule has 1 rings (SSSR count). The molecule has 0 amide bonds. The van der Waals surface area contributed by atoms with E-state index in [-0.39, 0.29) is 19.2 Å². The van der Waals surface area contributed by atoms with E-state index in [0.717, 1.165) is 64.2 Å². The lowest BCUT2D eigenvalue weighted by atomic mass is 9.99. The van der Waals surface area contributed by atoms with E-state index in [1.807, 2.05) is 0 Å². The van der Waals surface area contributed by atoms with Crippen LogP contribution in [0.5, 0.6) is 0 Å². The van der Waals surface area contributed by atoms with Crippen molar-refractivity contribution >= 4 is 5.97 Å². The van der Waals surface area contributed by atoms with Crippen LogP contribution in [-0.4, -0.2) is 89.6 Å². The molecular formula is C51H90O9. The van der Waals surface area contributed by atoms with Gasteiger partial charge in [-0.05, 0) is 83.5 Å². The van der Waals surface area contributed by atoms with Gasteiger partial charge in [0.15, 0.2) is 6.29 Å². The monoisotopic (exact) mass is 847 g/mol. The number of hydrogen-bond acceptors (Lipinski definition) is 9. The van der Waals surface area contributed by atoms with Crippen molar-refractivity contribution in [1.82, 2.24) is 0 Å². The summed E-state index contributed by atoms with van der Waals surface area (Å²) >= 11 is 0. The van der Waals surface area contributed by atoms with E-state index in [9.17, 15) is 25.2 Å². The second-order valence-corrected chi connectivity index (χ2v) is 16.6. The van der Waals surface area contributed by atoms with E-state index in [1.165, 1.54) is 109 Å². The Morgan fingerprint density at radius 1 is 0.533 bits per heavy atom. The number of ether oxygens (including phenoxy) is 4. The molecular weight excluding hydrogens is 757 g/mol. The molecule has 0 spiro atoms. The summed E-state index contributed by atoms with van der Waals surface area (Å²) in [6, 6.07) is 0. The van der Waals surface area contributed by atoms with Gasteiger partial charge >= 0.3 is 5.97 Å². The van der Waals surface area contributed by atoms with Gasteiger partial charge in [-0.3, -0.25) is 4.79 Å². The van der Waals surface area contributed by atoms with Gasteiger partial charge in [0.25, 0.3) is 0 Å². The Morgan fingerprint density at radius 3 is 1.45 bits per heavy atom. The molecule has 0 aromatic rings. The Labute approximate surface area is 366 Å². The van der Waals surface area contributed by atoms with Crippen LogP contribution in [0.1, 0.15) is 194 Å². The first-order valence-corrected chi connectivity index (χ1v) is 24.4. The highest BCUT2D eigenvalue weighted by Gasteiger charge is 2.44. The van der Waals surface area contributed by atoms with Crippen molar-refractivity contribution in [2.75, 3.05) is 26.4 Å². The average molecular weight is 847 g/mol. The molecule has 0 aromatic heterocycles. The molecule has 0 radical (unpaired) electrons. The van der Waals surface area contributed by atoms with E-state index >= 15 is 0 Å². The lowest BCUT2D eigenvalue weighted by molar-refractivity contribution is -0.305. The molecule has 1 fully saturated rings. The van der Waals surface area contributed by atoms with Crippen molar-refractivity contribution in [3.63, 3.8) is 0 Å². The number of hydrogen-bond donors (Lipinski definition) is 4. The third kappa shape index (κ3) is 32.6. The summed E-state index contributed by atoms with van der Waals surface area (Å²) < 4.78 is 22.9. The molecule has 1 aliphatic rings. The minimum absolute atomic E-state index is 0.123. The van der Waals surface area contributed by atoms with Crippen LogP contribution >= 0.6 is 0 Å². The van der Waals surface area contributed by atoms with E-state index in [0.29, 0.717) is 13.0 Å². The number of unbranched alkanes of at least 4 members (excludes halogenated alkanes) is 20. The normalized spacial score (nSPS) is 20.5. The van der Waals surface area contributed by atoms with Gasteiger partial charge in [-0.1, -0.05) is 164 Å². The first-order chi connectivity index (χ1) is 29.4. The molecule has 348 valence electrons. The lowest BCUT2D eigenvalue weighted by Crippen LogP contribution is -2.59. The summed E-state index contributed by atoms with van der Waals surface area (Å²) in [5, 5.41) is 40.2. The van der Waals surface area contributed by atoms with Gasteiger partial charge < -0.3 is 39.4 Å². The van der Waals surface area contributed by atoms with Crippen LogP contribution in [0, 0.1) is 0 Å². The van der Waals surface area contributed by atoms with Crippen molar-refractivity contribution in [2.45, 2.75) is 230 Å². The molecule has 1 aliphatic heterocycles. The average Bonchev–Trinajstić information content (AvgIpc) is 3.25. The lowest BCUT2D eigenvalue weighted by Gasteiger charge is -2.39. The van der Waals surface area contributed by atoms with E-state index in [2.05, 4.69) is 74.6 Å². The summed E-state index contributed by atoms with van der Waals surface area (Å²) in [4.78, 5) is 12.8. The summed E-state index contributed by atoms with van der Waals surface area (Å²) in [5.74, 6) is -0.329. The Kier molecular flexibility index (Phi) is 39.3. The van der Waals surface area contributed by atoms with Crippen molar-refractivity contribution in [3.05, 3.63) is 60.8 Å². The standard InChI is InChI=1S/C51H90O9/c1-3-5-7-9-11-13-15-17-19-21-23-24-26-28-30-32-34-36-38-40-47(53)59-45(44-58-51-50(56)49(55)48(54)46(42-52)60-51)43-57-41-39-37-35-33-31-29-27-25-22-20-18-16-14-12-10-8-6-4-2/h11-14,17-20,23-24,45-46,48-52,54-56H,3-10,15-16,21-22,25-44H2,1-2H3/b13-11-,14-12-,19-17-,20-18-,24-23-. The predicted octanol–water partition coefficient (Wildman–Crippen LogP) is 11.5. The van der Waals surface area contributed by atoms with E-state index < -0.39 is 43.4 Å². The number of allylic oxidation sites excluding steroid dienone is 10. The minimum atomic E-state index is -1.54. The maximum Gasteiger partial charge on any atom is 0.306 e. The maximum atomic E-state index is 12.8. The highest BCUT2D eigenvalue weighted by Crippen LogP contribution is 2.22. The molecule has 0 aromatic carbocycles. The highest BCUT2D eigenvalue weighted by atomic mass is 16.7. The van der Waals surface area contributed by atoms with Crippen LogP contribution in [0.3, 0.4) is 0 Å². The summed E-state index contributed by atoms with van der Waals surface area (Å²) in [6.07, 6.45) is 46.7. The van der Waals surface area contributed by atoms with Gasteiger partial charge in [0.2, 0.25) is 0 Å². The minimum Gasteiger partial charge on any atom is -0.457 e. The third-order valence-corrected chi connectivity index (χ3v) is 10.9. The quantitative estimate of drug-likeness (QED) is 0.0269. The van der Waals surface area contributed by atoms with Crippen molar-refractivity contribution < 1.29 is 44.2 Å². The van der Waals surface area contributed by atoms with Crippen molar-refractivity contribution in [2.24, 2.45) is 0 Å². The summed E-state index contributed by atoms with van der Waals surface area (Å²) in [5.41, 5.74) is 0. The third-order valence-electron chi connectivity index (χ3n) is 10.9. The van der Waals surface area contributed by atoms with Crippen LogP contribution in [0.25, 0.3) is 0 Å². The molecule has 1 saturated heterocycles. The van der Waals surface area contributed by atoms with Gasteiger partial charge in [0.1, 0.15) is 30.5 Å². The fourth-order valence-corrected chi connectivity index (χ4v) is 7.06. The fraction of sp³-hybridized carbons (Fsp3) is 0.784. The number of esters is 1. The van der Waals surface area contributed by atoms with Crippen LogP contribution in [0.2, 0.25) is 0 Å². The maximum absolute atomic E-state index is 12.8. The fourth-order valence-electron chi connectivity index (χ4n) is 7.06. The molecule has 0 saturated carbocycles. The van der Waals surface area contributed by atoms with Crippen LogP contribution in [0.15, 0.2) is 60.8 Å². The van der Waals surface area contributed by atoms with E-state index in [1.54, 1.807) is 0 Å². The number of carbonyl (C=O) groups is 1. The highest BCUT2D eigenvalue weighted by molar-refractivity contribution is 5.69. The number of aliphatic hydroxyl groups excluding tert-OH is 4. The first kappa shape index (κ1) is 55.9. The molecule has 60 heavy (non-hydrogen) atoms.